The Morgan fingerprint density at radius 3 is 2.45 bits per heavy atom. The van der Waals surface area contributed by atoms with Gasteiger partial charge in [0, 0.05) is 22.2 Å². The molecule has 0 aliphatic carbocycles. The van der Waals surface area contributed by atoms with Crippen LogP contribution < -0.4 is 0 Å². The van der Waals surface area contributed by atoms with Gasteiger partial charge in [0.2, 0.25) is 11.8 Å². The summed E-state index contributed by atoms with van der Waals surface area (Å²) in [4.78, 5) is 46.7. The van der Waals surface area contributed by atoms with Crippen molar-refractivity contribution in [1.82, 2.24) is 9.80 Å². The van der Waals surface area contributed by atoms with Crippen LogP contribution in [0, 0.1) is 23.2 Å². The molecule has 0 aromatic carbocycles. The second-order valence-electron chi connectivity index (χ2n) is 14.3. The maximum absolute atomic E-state index is 15.0. The summed E-state index contributed by atoms with van der Waals surface area (Å²) in [5.41, 5.74) is -0.557. The summed E-state index contributed by atoms with van der Waals surface area (Å²) in [5.74, 6) is -2.05. The number of halogens is 1. The van der Waals surface area contributed by atoms with Crippen LogP contribution in [0.25, 0.3) is 0 Å². The van der Waals surface area contributed by atoms with E-state index in [-0.39, 0.29) is 45.8 Å². The van der Waals surface area contributed by atoms with Crippen molar-refractivity contribution >= 4 is 45.5 Å². The molecule has 3 heterocycles. The van der Waals surface area contributed by atoms with Crippen LogP contribution in [0.3, 0.4) is 0 Å². The number of nitrogens with zero attached hydrogens (tertiary/aromatic N) is 2. The van der Waals surface area contributed by atoms with Gasteiger partial charge >= 0.3 is 5.97 Å². The fraction of sp³-hybridized carbons (Fsp3) is 0.788. The zero-order valence-corrected chi connectivity index (χ0v) is 29.1. The molecule has 1 N–H and O–H groups in total. The van der Waals surface area contributed by atoms with Gasteiger partial charge in [0.25, 0.3) is 0 Å². The Kier molecular flexibility index (Phi) is 11.5. The summed E-state index contributed by atoms with van der Waals surface area (Å²) in [6, 6.07) is -1.34. The number of amides is 2. The van der Waals surface area contributed by atoms with Crippen LogP contribution in [0.5, 0.6) is 0 Å². The van der Waals surface area contributed by atoms with E-state index in [1.807, 2.05) is 24.8 Å². The van der Waals surface area contributed by atoms with Crippen molar-refractivity contribution in [2.45, 2.75) is 119 Å². The molecule has 1 spiro atoms. The molecule has 3 aliphatic heterocycles. The minimum Gasteiger partial charge on any atom is -0.465 e. The molecule has 3 fully saturated rings. The van der Waals surface area contributed by atoms with Crippen LogP contribution in [-0.2, 0) is 19.1 Å². The third-order valence-electron chi connectivity index (χ3n) is 9.40. The molecule has 0 radical (unpaired) electrons. The highest BCUT2D eigenvalue weighted by Gasteiger charge is 2.77. The normalized spacial score (nSPS) is 30.2. The summed E-state index contributed by atoms with van der Waals surface area (Å²) in [6.07, 6.45) is 8.16. The molecule has 0 aromatic heterocycles. The molecule has 2 bridgehead atoms. The highest BCUT2D eigenvalue weighted by Crippen LogP contribution is 2.68. The fourth-order valence-corrected chi connectivity index (χ4v) is 11.3. The molecule has 7 nitrogen and oxygen atoms in total. The average Bonchev–Trinajstić information content (AvgIpc) is 3.49. The standard InChI is InChI=1S/C33H53BrN2O5S/c1-10-13-14-15-17-41-30(40)24-25-28(38)36(23(19-37)21(4)12-3)27(33(25)18-22(34)26(24)42-33)29(39)35(16-11-2)32(8,9)20-31(5,6)7/h10-11,21-27,37H,1-2,12-20H2,3-9H3/t21-,22?,23-,24+,25-,26+,27?,33?/m0/s1. The Balaban J connectivity index is 2.10. The number of thioether (sulfide) groups is 1. The average molecular weight is 670 g/mol. The van der Waals surface area contributed by atoms with E-state index in [0.717, 1.165) is 32.1 Å². The number of allylic oxidation sites excluding steroid dienone is 1. The molecule has 0 aromatic rings. The first-order valence-corrected chi connectivity index (χ1v) is 17.4. The van der Waals surface area contributed by atoms with E-state index >= 15 is 0 Å². The van der Waals surface area contributed by atoms with Gasteiger partial charge < -0.3 is 19.6 Å². The zero-order valence-electron chi connectivity index (χ0n) is 26.7. The van der Waals surface area contributed by atoms with Crippen molar-refractivity contribution in [3.05, 3.63) is 25.3 Å². The molecule has 3 rings (SSSR count). The number of unbranched alkanes of at least 4 members (excludes halogenated alkanes) is 2. The summed E-state index contributed by atoms with van der Waals surface area (Å²) >= 11 is 5.45. The number of hydrogen-bond donors (Lipinski definition) is 1. The van der Waals surface area contributed by atoms with Crippen molar-refractivity contribution in [1.29, 1.82) is 0 Å². The second kappa shape index (κ2) is 13.8. The van der Waals surface area contributed by atoms with Crippen molar-refractivity contribution in [2.75, 3.05) is 19.8 Å². The van der Waals surface area contributed by atoms with E-state index < -0.39 is 34.2 Å². The number of rotatable bonds is 15. The summed E-state index contributed by atoms with van der Waals surface area (Å²) in [5, 5.41) is 10.5. The van der Waals surface area contributed by atoms with Gasteiger partial charge in [-0.05, 0) is 57.3 Å². The Hall–Kier alpha value is -1.32. The molecule has 3 saturated heterocycles. The highest BCUT2D eigenvalue weighted by atomic mass is 79.9. The minimum absolute atomic E-state index is 0.0304. The topological polar surface area (TPSA) is 87.2 Å². The largest absolute Gasteiger partial charge is 0.465 e. The van der Waals surface area contributed by atoms with Gasteiger partial charge in [-0.25, -0.2) is 0 Å². The third kappa shape index (κ3) is 6.68. The SMILES string of the molecule is C=CCCCCOC(=O)[C@H]1[C@@H]2SC3(CC2Br)C(C(=O)N(CC=C)C(C)(C)CC(C)(C)C)N([C@@H](CO)[C@@H](C)CC)C(=O)[C@H]13. The predicted molar refractivity (Wildman–Crippen MR) is 174 cm³/mol. The molecule has 9 heteroatoms. The quantitative estimate of drug-likeness (QED) is 0.0999. The minimum atomic E-state index is -0.805. The number of aliphatic hydroxyl groups excluding tert-OH is 1. The fourth-order valence-electron chi connectivity index (χ4n) is 7.75. The van der Waals surface area contributed by atoms with Crippen LogP contribution in [0.15, 0.2) is 25.3 Å². The third-order valence-corrected chi connectivity index (χ3v) is 12.6. The number of hydrogen-bond acceptors (Lipinski definition) is 6. The Labute approximate surface area is 266 Å². The molecule has 3 aliphatic rings. The predicted octanol–water partition coefficient (Wildman–Crippen LogP) is 5.99. The molecule has 8 atom stereocenters. The molecule has 0 saturated carbocycles. The van der Waals surface area contributed by atoms with E-state index in [2.05, 4.69) is 63.7 Å². The number of alkyl halides is 1. The van der Waals surface area contributed by atoms with E-state index in [1.165, 1.54) is 0 Å². The summed E-state index contributed by atoms with van der Waals surface area (Å²) in [6.45, 7) is 22.8. The smallest absolute Gasteiger partial charge is 0.310 e. The lowest BCUT2D eigenvalue weighted by atomic mass is 9.70. The zero-order chi connectivity index (χ0) is 31.6. The monoisotopic (exact) mass is 668 g/mol. The molecule has 2 amide bonds. The number of aliphatic hydroxyl groups is 1. The van der Waals surface area contributed by atoms with Crippen molar-refractivity contribution < 1.29 is 24.2 Å². The van der Waals surface area contributed by atoms with Crippen molar-refractivity contribution in [2.24, 2.45) is 23.2 Å². The lowest BCUT2D eigenvalue weighted by Crippen LogP contribution is -2.62. The van der Waals surface area contributed by atoms with Gasteiger partial charge in [-0.1, -0.05) is 69.1 Å². The van der Waals surface area contributed by atoms with Gasteiger partial charge in [-0.3, -0.25) is 14.4 Å². The number of ether oxygens (including phenoxy) is 1. The van der Waals surface area contributed by atoms with Crippen LogP contribution in [0.2, 0.25) is 0 Å². The van der Waals surface area contributed by atoms with Gasteiger partial charge in [0.1, 0.15) is 6.04 Å². The van der Waals surface area contributed by atoms with Crippen LogP contribution in [-0.4, -0.2) is 84.9 Å². The lowest BCUT2D eigenvalue weighted by molar-refractivity contribution is -0.155. The number of carbonyl (C=O) groups is 3. The van der Waals surface area contributed by atoms with E-state index in [9.17, 15) is 19.5 Å². The van der Waals surface area contributed by atoms with Crippen molar-refractivity contribution in [3.63, 3.8) is 0 Å². The Bertz CT molecular complexity index is 1030. The number of esters is 1. The molecular formula is C33H53BrN2O5S. The molecule has 238 valence electrons. The van der Waals surface area contributed by atoms with E-state index in [0.29, 0.717) is 19.6 Å². The Morgan fingerprint density at radius 1 is 1.24 bits per heavy atom. The summed E-state index contributed by atoms with van der Waals surface area (Å²) in [7, 11) is 0. The number of carbonyl (C=O) groups excluding carboxylic acids is 3. The van der Waals surface area contributed by atoms with Crippen LogP contribution in [0.4, 0.5) is 0 Å². The van der Waals surface area contributed by atoms with Gasteiger partial charge in [0.05, 0.1) is 35.8 Å². The van der Waals surface area contributed by atoms with E-state index in [1.54, 1.807) is 22.7 Å². The first kappa shape index (κ1) is 35.2. The maximum atomic E-state index is 15.0. The summed E-state index contributed by atoms with van der Waals surface area (Å²) < 4.78 is 4.98. The Morgan fingerprint density at radius 2 is 1.90 bits per heavy atom. The molecule has 42 heavy (non-hydrogen) atoms. The van der Waals surface area contributed by atoms with Crippen LogP contribution >= 0.6 is 27.7 Å². The van der Waals surface area contributed by atoms with Gasteiger partial charge in [-0.15, -0.1) is 24.9 Å². The maximum Gasteiger partial charge on any atom is 0.310 e. The first-order chi connectivity index (χ1) is 19.6. The first-order valence-electron chi connectivity index (χ1n) is 15.6. The highest BCUT2D eigenvalue weighted by molar-refractivity contribution is 9.09. The second-order valence-corrected chi connectivity index (χ2v) is 17.0. The van der Waals surface area contributed by atoms with Crippen molar-refractivity contribution in [3.8, 4) is 0 Å². The number of likely N-dealkylation sites (tertiary alicyclic amines) is 1. The van der Waals surface area contributed by atoms with Crippen LogP contribution in [0.1, 0.15) is 87.0 Å². The van der Waals surface area contributed by atoms with Gasteiger partial charge in [0.15, 0.2) is 0 Å². The number of fused-ring (bicyclic) bond motifs is 1. The van der Waals surface area contributed by atoms with Gasteiger partial charge in [-0.2, -0.15) is 0 Å². The lowest BCUT2D eigenvalue weighted by Gasteiger charge is -2.47. The molecular weight excluding hydrogens is 616 g/mol. The van der Waals surface area contributed by atoms with E-state index in [4.69, 9.17) is 4.74 Å². The molecule has 3 unspecified atom stereocenters.